The van der Waals surface area contributed by atoms with Gasteiger partial charge >= 0.3 is 12.1 Å². The standard InChI is InChI=1S/C21H26N2O4.C7H8O3S/c22-19(20(24)26-15-17-9-3-1-4-10-17)13-7-8-14-23-21(25)27-16-18-11-5-2-6-12-18;8-11(9,10)6-7-4-2-1-3-5-7/h1-6,9-12,19H,7-8,13-16,22H2,(H,23,25);1-5H,6H2,(H,8,9,10)/t19-;/m1./s1. The van der Waals surface area contributed by atoms with E-state index < -0.39 is 28.2 Å². The van der Waals surface area contributed by atoms with Gasteiger partial charge < -0.3 is 20.5 Å². The lowest BCUT2D eigenvalue weighted by molar-refractivity contribution is -0.146. The van der Waals surface area contributed by atoms with Gasteiger partial charge in [0.15, 0.2) is 0 Å². The summed E-state index contributed by atoms with van der Waals surface area (Å²) >= 11 is 0. The van der Waals surface area contributed by atoms with Crippen molar-refractivity contribution < 1.29 is 32.0 Å². The first kappa shape index (κ1) is 30.5. The van der Waals surface area contributed by atoms with E-state index >= 15 is 0 Å². The Morgan fingerprint density at radius 1 is 0.763 bits per heavy atom. The summed E-state index contributed by atoms with van der Waals surface area (Å²) < 4.78 is 39.5. The summed E-state index contributed by atoms with van der Waals surface area (Å²) in [4.78, 5) is 23.5. The summed E-state index contributed by atoms with van der Waals surface area (Å²) in [5.41, 5.74) is 8.31. The highest BCUT2D eigenvalue weighted by molar-refractivity contribution is 7.85. The van der Waals surface area contributed by atoms with Gasteiger partial charge in [-0.1, -0.05) is 91.0 Å². The number of nitrogens with one attached hydrogen (secondary N) is 1. The molecule has 3 rings (SSSR count). The van der Waals surface area contributed by atoms with E-state index in [-0.39, 0.29) is 19.0 Å². The van der Waals surface area contributed by atoms with Crippen molar-refractivity contribution in [1.82, 2.24) is 5.32 Å². The lowest BCUT2D eigenvalue weighted by Crippen LogP contribution is -2.32. The third kappa shape index (κ3) is 14.1. The van der Waals surface area contributed by atoms with Gasteiger partial charge in [-0.25, -0.2) is 4.79 Å². The average Bonchev–Trinajstić information content (AvgIpc) is 2.91. The molecule has 4 N–H and O–H groups in total. The molecule has 0 aliphatic rings. The van der Waals surface area contributed by atoms with Crippen LogP contribution in [0.15, 0.2) is 91.0 Å². The smallest absolute Gasteiger partial charge is 0.407 e. The number of ether oxygens (including phenoxy) is 2. The number of nitrogens with two attached hydrogens (primary N) is 1. The van der Waals surface area contributed by atoms with E-state index in [1.165, 1.54) is 0 Å². The SMILES string of the molecule is N[C@H](CCCCNC(=O)OCc1ccccc1)C(=O)OCc1ccccc1.O=S(=O)(O)Cc1ccccc1. The van der Waals surface area contributed by atoms with Crippen LogP contribution in [0.4, 0.5) is 4.79 Å². The molecular weight excluding hydrogens is 508 g/mol. The maximum absolute atomic E-state index is 11.9. The van der Waals surface area contributed by atoms with Crippen LogP contribution in [-0.2, 0) is 43.4 Å². The predicted molar refractivity (Wildman–Crippen MR) is 144 cm³/mol. The van der Waals surface area contributed by atoms with Gasteiger partial charge in [-0.2, -0.15) is 8.42 Å². The van der Waals surface area contributed by atoms with Gasteiger partial charge in [0, 0.05) is 6.54 Å². The van der Waals surface area contributed by atoms with E-state index in [9.17, 15) is 18.0 Å². The molecule has 0 aliphatic carbocycles. The molecule has 0 unspecified atom stereocenters. The van der Waals surface area contributed by atoms with Crippen LogP contribution in [-0.4, -0.2) is 37.6 Å². The summed E-state index contributed by atoms with van der Waals surface area (Å²) in [6, 6.07) is 26.8. The highest BCUT2D eigenvalue weighted by Gasteiger charge is 2.14. The summed E-state index contributed by atoms with van der Waals surface area (Å²) in [6.45, 7) is 0.937. The van der Waals surface area contributed by atoms with Gasteiger partial charge in [0.25, 0.3) is 10.1 Å². The molecule has 0 heterocycles. The van der Waals surface area contributed by atoms with Crippen LogP contribution in [0, 0.1) is 0 Å². The first-order valence-electron chi connectivity index (χ1n) is 12.1. The second kappa shape index (κ2) is 16.9. The molecule has 3 aromatic carbocycles. The van der Waals surface area contributed by atoms with Crippen molar-refractivity contribution in [2.75, 3.05) is 6.54 Å². The van der Waals surface area contributed by atoms with E-state index in [4.69, 9.17) is 19.8 Å². The van der Waals surface area contributed by atoms with E-state index in [0.29, 0.717) is 31.4 Å². The molecule has 0 spiro atoms. The van der Waals surface area contributed by atoms with Crippen molar-refractivity contribution in [3.63, 3.8) is 0 Å². The van der Waals surface area contributed by atoms with Gasteiger partial charge in [0.05, 0.1) is 0 Å². The van der Waals surface area contributed by atoms with Crippen LogP contribution in [0.1, 0.15) is 36.0 Å². The van der Waals surface area contributed by atoms with Crippen molar-refractivity contribution in [1.29, 1.82) is 0 Å². The molecule has 1 amide bonds. The number of unbranched alkanes of at least 4 members (excludes halogenated alkanes) is 1. The van der Waals surface area contributed by atoms with Crippen molar-refractivity contribution >= 4 is 22.2 Å². The third-order valence-electron chi connectivity index (χ3n) is 5.14. The largest absolute Gasteiger partial charge is 0.460 e. The Labute approximate surface area is 223 Å². The molecule has 0 fully saturated rings. The third-order valence-corrected chi connectivity index (χ3v) is 5.84. The zero-order valence-corrected chi connectivity index (χ0v) is 21.9. The molecule has 0 saturated heterocycles. The highest BCUT2D eigenvalue weighted by Crippen LogP contribution is 2.06. The molecular formula is C28H34N2O7S. The molecule has 38 heavy (non-hydrogen) atoms. The maximum Gasteiger partial charge on any atom is 0.407 e. The summed E-state index contributed by atoms with van der Waals surface area (Å²) in [7, 11) is -3.88. The molecule has 3 aromatic rings. The molecule has 10 heteroatoms. The second-order valence-corrected chi connectivity index (χ2v) is 9.85. The Hall–Kier alpha value is -3.73. The fourth-order valence-electron chi connectivity index (χ4n) is 3.19. The Morgan fingerprint density at radius 2 is 1.24 bits per heavy atom. The molecule has 1 atom stereocenters. The quantitative estimate of drug-likeness (QED) is 0.175. The summed E-state index contributed by atoms with van der Waals surface area (Å²) in [6.07, 6.45) is 1.47. The van der Waals surface area contributed by atoms with E-state index in [1.807, 2.05) is 60.7 Å². The van der Waals surface area contributed by atoms with Crippen molar-refractivity contribution in [2.45, 2.75) is 44.3 Å². The summed E-state index contributed by atoms with van der Waals surface area (Å²) in [5, 5.41) is 2.68. The second-order valence-electron chi connectivity index (χ2n) is 8.40. The Bertz CT molecular complexity index is 1190. The van der Waals surface area contributed by atoms with Gasteiger partial charge in [0.1, 0.15) is 25.0 Å². The number of hydrogen-bond donors (Lipinski definition) is 3. The van der Waals surface area contributed by atoms with Crippen molar-refractivity contribution in [2.24, 2.45) is 5.73 Å². The highest BCUT2D eigenvalue weighted by atomic mass is 32.2. The lowest BCUT2D eigenvalue weighted by Gasteiger charge is -2.12. The monoisotopic (exact) mass is 542 g/mol. The molecule has 0 aromatic heterocycles. The van der Waals surface area contributed by atoms with Gasteiger partial charge in [0.2, 0.25) is 0 Å². The molecule has 0 saturated carbocycles. The van der Waals surface area contributed by atoms with Crippen LogP contribution in [0.2, 0.25) is 0 Å². The Morgan fingerprint density at radius 3 is 1.74 bits per heavy atom. The normalized spacial score (nSPS) is 11.4. The number of hydrogen-bond acceptors (Lipinski definition) is 7. The zero-order chi connectivity index (χ0) is 27.6. The molecule has 0 aliphatic heterocycles. The molecule has 0 radical (unpaired) electrons. The Kier molecular flexibility index (Phi) is 13.6. The minimum atomic E-state index is -3.88. The van der Waals surface area contributed by atoms with E-state index in [0.717, 1.165) is 11.1 Å². The van der Waals surface area contributed by atoms with Crippen LogP contribution < -0.4 is 11.1 Å². The first-order valence-corrected chi connectivity index (χ1v) is 13.7. The van der Waals surface area contributed by atoms with Crippen LogP contribution in [0.25, 0.3) is 0 Å². The Balaban J connectivity index is 0.000000384. The van der Waals surface area contributed by atoms with Crippen LogP contribution >= 0.6 is 0 Å². The number of benzene rings is 3. The van der Waals surface area contributed by atoms with Crippen molar-refractivity contribution in [3.05, 3.63) is 108 Å². The van der Waals surface area contributed by atoms with Crippen LogP contribution in [0.3, 0.4) is 0 Å². The average molecular weight is 543 g/mol. The minimum absolute atomic E-state index is 0.224. The lowest BCUT2D eigenvalue weighted by atomic mass is 10.1. The number of rotatable bonds is 12. The van der Waals surface area contributed by atoms with Crippen molar-refractivity contribution in [3.8, 4) is 0 Å². The van der Waals surface area contributed by atoms with Gasteiger partial charge in [-0.05, 0) is 36.0 Å². The summed E-state index contributed by atoms with van der Waals surface area (Å²) in [5.74, 6) is -0.720. The predicted octanol–water partition coefficient (Wildman–Crippen LogP) is 4.23. The topological polar surface area (TPSA) is 145 Å². The van der Waals surface area contributed by atoms with E-state index in [1.54, 1.807) is 30.3 Å². The number of carbonyl (C=O) groups is 2. The number of esters is 1. The van der Waals surface area contributed by atoms with E-state index in [2.05, 4.69) is 5.32 Å². The maximum atomic E-state index is 11.9. The van der Waals surface area contributed by atoms with Crippen LogP contribution in [0.5, 0.6) is 0 Å². The fourth-order valence-corrected chi connectivity index (χ4v) is 3.81. The minimum Gasteiger partial charge on any atom is -0.460 e. The van der Waals surface area contributed by atoms with Gasteiger partial charge in [-0.15, -0.1) is 0 Å². The zero-order valence-electron chi connectivity index (χ0n) is 21.1. The first-order chi connectivity index (χ1) is 18.2. The fraction of sp³-hybridized carbons (Fsp3) is 0.286. The number of alkyl carbamates (subject to hydrolysis) is 1. The number of carbonyl (C=O) groups excluding carboxylic acids is 2. The van der Waals surface area contributed by atoms with Gasteiger partial charge in [-0.3, -0.25) is 9.35 Å². The molecule has 204 valence electrons. The number of amides is 1. The molecule has 0 bridgehead atoms. The molecule has 9 nitrogen and oxygen atoms in total.